The quantitative estimate of drug-likeness (QED) is 0.336. The van der Waals surface area contributed by atoms with Crippen LogP contribution in [0.4, 0.5) is 0 Å². The first-order valence-corrected chi connectivity index (χ1v) is 10.7. The van der Waals surface area contributed by atoms with E-state index in [1.807, 2.05) is 0 Å². The van der Waals surface area contributed by atoms with Crippen LogP contribution in [0.25, 0.3) is 0 Å². The van der Waals surface area contributed by atoms with Crippen LogP contribution >= 0.6 is 0 Å². The SMILES string of the molecule is CCCC[C@@H](CC)CN(C[C@H](CC)CCCC)[C@H]1C=CCCC1. The average Bonchev–Trinajstić information content (AvgIpc) is 2.61. The van der Waals surface area contributed by atoms with Gasteiger partial charge in [0, 0.05) is 19.1 Å². The fourth-order valence-electron chi connectivity index (χ4n) is 3.94. The smallest absolute Gasteiger partial charge is 0.0278 e. The van der Waals surface area contributed by atoms with Gasteiger partial charge in [0.2, 0.25) is 0 Å². The molecule has 0 heterocycles. The molecule has 0 radical (unpaired) electrons. The maximum atomic E-state index is 2.86. The Hall–Kier alpha value is -0.300. The molecule has 0 aromatic carbocycles. The first-order chi connectivity index (χ1) is 11.2. The molecule has 1 rings (SSSR count). The number of hydrogen-bond acceptors (Lipinski definition) is 1. The van der Waals surface area contributed by atoms with Gasteiger partial charge in [-0.15, -0.1) is 0 Å². The molecule has 0 saturated heterocycles. The third-order valence-corrected chi connectivity index (χ3v) is 5.77. The van der Waals surface area contributed by atoms with E-state index in [2.05, 4.69) is 44.7 Å². The lowest BCUT2D eigenvalue weighted by atomic mass is 9.92. The fourth-order valence-corrected chi connectivity index (χ4v) is 3.94. The van der Waals surface area contributed by atoms with Crippen LogP contribution in [0.5, 0.6) is 0 Å². The van der Waals surface area contributed by atoms with Crippen LogP contribution < -0.4 is 0 Å². The van der Waals surface area contributed by atoms with E-state index < -0.39 is 0 Å². The topological polar surface area (TPSA) is 3.24 Å². The van der Waals surface area contributed by atoms with Gasteiger partial charge in [-0.2, -0.15) is 0 Å². The second kappa shape index (κ2) is 13.0. The van der Waals surface area contributed by atoms with Crippen molar-refractivity contribution in [1.82, 2.24) is 4.90 Å². The van der Waals surface area contributed by atoms with Crippen molar-refractivity contribution in [1.29, 1.82) is 0 Å². The van der Waals surface area contributed by atoms with Gasteiger partial charge in [0.15, 0.2) is 0 Å². The summed E-state index contributed by atoms with van der Waals surface area (Å²) in [5, 5.41) is 0. The Morgan fingerprint density at radius 3 is 1.87 bits per heavy atom. The van der Waals surface area contributed by atoms with Crippen molar-refractivity contribution in [3.63, 3.8) is 0 Å². The average molecular weight is 322 g/mol. The molecule has 0 bridgehead atoms. The second-order valence-electron chi connectivity index (χ2n) is 7.71. The predicted molar refractivity (Wildman–Crippen MR) is 105 cm³/mol. The standard InChI is InChI=1S/C22H43N/c1-5-9-14-20(7-3)18-23(22-16-12-11-13-17-22)19-21(8-4)15-10-6-2/h12,16,20-22H,5-11,13-15,17-19H2,1-4H3/t20-,21-,22+/m1/s1. The molecule has 1 aliphatic carbocycles. The largest absolute Gasteiger partial charge is 0.296 e. The third kappa shape index (κ3) is 8.38. The molecular formula is C22H43N. The summed E-state index contributed by atoms with van der Waals surface area (Å²) >= 11 is 0. The van der Waals surface area contributed by atoms with Crippen LogP contribution in [0.15, 0.2) is 12.2 Å². The Balaban J connectivity index is 2.66. The van der Waals surface area contributed by atoms with E-state index in [9.17, 15) is 0 Å². The summed E-state index contributed by atoms with van der Waals surface area (Å²) < 4.78 is 0. The Labute approximate surface area is 146 Å². The minimum absolute atomic E-state index is 0.718. The lowest BCUT2D eigenvalue weighted by Crippen LogP contribution is -2.41. The third-order valence-electron chi connectivity index (χ3n) is 5.77. The van der Waals surface area contributed by atoms with Crippen LogP contribution in [-0.2, 0) is 0 Å². The van der Waals surface area contributed by atoms with Gasteiger partial charge in [-0.05, 0) is 43.9 Å². The van der Waals surface area contributed by atoms with Crippen molar-refractivity contribution in [2.45, 2.75) is 104 Å². The van der Waals surface area contributed by atoms with E-state index in [0.717, 1.165) is 17.9 Å². The van der Waals surface area contributed by atoms with Crippen LogP contribution in [0.1, 0.15) is 98.3 Å². The number of nitrogens with zero attached hydrogens (tertiary/aromatic N) is 1. The van der Waals surface area contributed by atoms with Crippen LogP contribution in [-0.4, -0.2) is 24.0 Å². The predicted octanol–water partition coefficient (Wildman–Crippen LogP) is 6.83. The summed E-state index contributed by atoms with van der Waals surface area (Å²) in [6.45, 7) is 12.1. The van der Waals surface area contributed by atoms with E-state index >= 15 is 0 Å². The molecule has 0 spiro atoms. The van der Waals surface area contributed by atoms with E-state index in [1.54, 1.807) is 0 Å². The lowest BCUT2D eigenvalue weighted by molar-refractivity contribution is 0.142. The maximum Gasteiger partial charge on any atom is 0.0278 e. The molecule has 1 aliphatic rings. The van der Waals surface area contributed by atoms with Gasteiger partial charge < -0.3 is 0 Å². The number of allylic oxidation sites excluding steroid dienone is 1. The van der Waals surface area contributed by atoms with Crippen LogP contribution in [0, 0.1) is 11.8 Å². The highest BCUT2D eigenvalue weighted by atomic mass is 15.2. The minimum atomic E-state index is 0.718. The number of rotatable bonds is 13. The van der Waals surface area contributed by atoms with Crippen molar-refractivity contribution >= 4 is 0 Å². The monoisotopic (exact) mass is 321 g/mol. The highest BCUT2D eigenvalue weighted by Crippen LogP contribution is 2.24. The van der Waals surface area contributed by atoms with Gasteiger partial charge in [0.1, 0.15) is 0 Å². The lowest BCUT2D eigenvalue weighted by Gasteiger charge is -2.36. The summed E-state index contributed by atoms with van der Waals surface area (Å²) in [5.74, 6) is 1.79. The highest BCUT2D eigenvalue weighted by Gasteiger charge is 2.23. The van der Waals surface area contributed by atoms with Crippen molar-refractivity contribution in [2.24, 2.45) is 11.8 Å². The highest BCUT2D eigenvalue weighted by molar-refractivity contribution is 4.99. The van der Waals surface area contributed by atoms with Crippen LogP contribution in [0.3, 0.4) is 0 Å². The van der Waals surface area contributed by atoms with Crippen molar-refractivity contribution in [3.05, 3.63) is 12.2 Å². The summed E-state index contributed by atoms with van der Waals surface area (Å²) in [7, 11) is 0. The summed E-state index contributed by atoms with van der Waals surface area (Å²) in [6, 6.07) is 0.718. The number of unbranched alkanes of at least 4 members (excludes halogenated alkanes) is 2. The Morgan fingerprint density at radius 2 is 1.48 bits per heavy atom. The second-order valence-corrected chi connectivity index (χ2v) is 7.71. The zero-order valence-corrected chi connectivity index (χ0v) is 16.5. The molecule has 136 valence electrons. The van der Waals surface area contributed by atoms with Gasteiger partial charge >= 0.3 is 0 Å². The van der Waals surface area contributed by atoms with Crippen LogP contribution in [0.2, 0.25) is 0 Å². The van der Waals surface area contributed by atoms with E-state index in [0.29, 0.717) is 0 Å². The Bertz CT molecular complexity index is 278. The Kier molecular flexibility index (Phi) is 11.8. The van der Waals surface area contributed by atoms with Gasteiger partial charge in [-0.3, -0.25) is 4.90 Å². The number of hydrogen-bond donors (Lipinski definition) is 0. The molecule has 0 aliphatic heterocycles. The molecule has 0 aromatic heterocycles. The first-order valence-electron chi connectivity index (χ1n) is 10.7. The molecule has 0 saturated carbocycles. The van der Waals surface area contributed by atoms with Crippen molar-refractivity contribution in [2.75, 3.05) is 13.1 Å². The summed E-state index contributed by atoms with van der Waals surface area (Å²) in [5.41, 5.74) is 0. The normalized spacial score (nSPS) is 20.8. The zero-order chi connectivity index (χ0) is 16.9. The van der Waals surface area contributed by atoms with Crippen molar-refractivity contribution < 1.29 is 0 Å². The van der Waals surface area contributed by atoms with E-state index in [-0.39, 0.29) is 0 Å². The molecule has 0 amide bonds. The molecule has 1 nitrogen and oxygen atoms in total. The summed E-state index contributed by atoms with van der Waals surface area (Å²) in [4.78, 5) is 2.86. The van der Waals surface area contributed by atoms with Gasteiger partial charge in [0.25, 0.3) is 0 Å². The van der Waals surface area contributed by atoms with Gasteiger partial charge in [-0.25, -0.2) is 0 Å². The first kappa shape index (κ1) is 20.7. The molecule has 0 fully saturated rings. The molecule has 23 heavy (non-hydrogen) atoms. The molecular weight excluding hydrogens is 278 g/mol. The molecule has 3 atom stereocenters. The zero-order valence-electron chi connectivity index (χ0n) is 16.5. The molecule has 0 N–H and O–H groups in total. The van der Waals surface area contributed by atoms with Crippen molar-refractivity contribution in [3.8, 4) is 0 Å². The van der Waals surface area contributed by atoms with E-state index in [4.69, 9.17) is 0 Å². The molecule has 0 aromatic rings. The van der Waals surface area contributed by atoms with Gasteiger partial charge in [-0.1, -0.05) is 78.4 Å². The molecule has 0 unspecified atom stereocenters. The van der Waals surface area contributed by atoms with E-state index in [1.165, 1.54) is 83.7 Å². The maximum absolute atomic E-state index is 2.86. The summed E-state index contributed by atoms with van der Waals surface area (Å²) in [6.07, 6.45) is 20.0. The minimum Gasteiger partial charge on any atom is -0.296 e. The molecule has 1 heteroatoms. The van der Waals surface area contributed by atoms with Gasteiger partial charge in [0.05, 0.1) is 0 Å². The fraction of sp³-hybridized carbons (Fsp3) is 0.909. The Morgan fingerprint density at radius 1 is 0.913 bits per heavy atom.